The molecule has 8 aromatic rings. The Morgan fingerprint density at radius 3 is 1.24 bits per heavy atom. The van der Waals surface area contributed by atoms with Gasteiger partial charge in [0.1, 0.15) is 0 Å². The molecule has 0 aromatic heterocycles. The Bertz CT molecular complexity index is 2260. The fourth-order valence-corrected chi connectivity index (χ4v) is 9.27. The van der Waals surface area contributed by atoms with Crippen molar-refractivity contribution in [3.05, 3.63) is 188 Å². The molecule has 0 spiro atoms. The lowest BCUT2D eigenvalue weighted by Crippen LogP contribution is -2.24. The van der Waals surface area contributed by atoms with Crippen molar-refractivity contribution in [1.82, 2.24) is 0 Å². The lowest BCUT2D eigenvalue weighted by molar-refractivity contribution is 0.592. The van der Waals surface area contributed by atoms with Crippen molar-refractivity contribution in [2.75, 3.05) is 0 Å². The van der Waals surface area contributed by atoms with E-state index in [4.69, 9.17) is 0 Å². The standard InChI is InChI=1S/C44H31OP/c45-46(39-16-3-1-4-17-39,40-18-5-2-6-19-40)41-28-26-33(27-29-41)36-15-11-14-35(30-36)32-22-24-34(25-23-32)44-42-20-9-7-12-37(42)31-38-13-8-10-21-43(38)44/h1-31H. The Morgan fingerprint density at radius 1 is 0.304 bits per heavy atom. The minimum atomic E-state index is -3.01. The Labute approximate surface area is 269 Å². The van der Waals surface area contributed by atoms with Crippen LogP contribution in [-0.2, 0) is 4.57 Å². The third kappa shape index (κ3) is 4.96. The van der Waals surface area contributed by atoms with Crippen LogP contribution >= 0.6 is 7.14 Å². The molecule has 0 unspecified atom stereocenters. The molecule has 0 fully saturated rings. The van der Waals surface area contributed by atoms with Crippen molar-refractivity contribution in [2.45, 2.75) is 0 Å². The summed E-state index contributed by atoms with van der Waals surface area (Å²) in [5.41, 5.74) is 7.04. The van der Waals surface area contributed by atoms with Crippen molar-refractivity contribution >= 4 is 44.6 Å². The van der Waals surface area contributed by atoms with Gasteiger partial charge in [-0.05, 0) is 67.1 Å². The summed E-state index contributed by atoms with van der Waals surface area (Å²) in [6.45, 7) is 0. The molecular weight excluding hydrogens is 575 g/mol. The zero-order valence-corrected chi connectivity index (χ0v) is 26.1. The second-order valence-electron chi connectivity index (χ2n) is 11.7. The minimum absolute atomic E-state index is 0.835. The van der Waals surface area contributed by atoms with Gasteiger partial charge in [0.05, 0.1) is 0 Å². The zero-order valence-electron chi connectivity index (χ0n) is 25.3. The van der Waals surface area contributed by atoms with Gasteiger partial charge in [0.25, 0.3) is 0 Å². The van der Waals surface area contributed by atoms with Crippen LogP contribution in [0.5, 0.6) is 0 Å². The van der Waals surface area contributed by atoms with Crippen molar-refractivity contribution in [3.63, 3.8) is 0 Å². The summed E-state index contributed by atoms with van der Waals surface area (Å²) in [5.74, 6) is 0. The number of hydrogen-bond donors (Lipinski definition) is 0. The Morgan fingerprint density at radius 2 is 0.717 bits per heavy atom. The first-order valence-electron chi connectivity index (χ1n) is 15.6. The van der Waals surface area contributed by atoms with Gasteiger partial charge in [-0.2, -0.15) is 0 Å². The molecular formula is C44H31OP. The van der Waals surface area contributed by atoms with E-state index in [1.165, 1.54) is 38.2 Å². The maximum atomic E-state index is 14.8. The van der Waals surface area contributed by atoms with E-state index in [1.807, 2.05) is 72.8 Å². The van der Waals surface area contributed by atoms with Crippen LogP contribution in [0.25, 0.3) is 54.9 Å². The molecule has 46 heavy (non-hydrogen) atoms. The van der Waals surface area contributed by atoms with Gasteiger partial charge in [0.15, 0.2) is 7.14 Å². The van der Waals surface area contributed by atoms with Crippen molar-refractivity contribution < 1.29 is 4.57 Å². The monoisotopic (exact) mass is 606 g/mol. The number of benzene rings is 8. The predicted octanol–water partition coefficient (Wildman–Crippen LogP) is 10.6. The molecule has 0 aliphatic rings. The second kappa shape index (κ2) is 11.8. The van der Waals surface area contributed by atoms with Crippen molar-refractivity contribution in [1.29, 1.82) is 0 Å². The minimum Gasteiger partial charge on any atom is -0.309 e. The van der Waals surface area contributed by atoms with E-state index in [0.29, 0.717) is 0 Å². The van der Waals surface area contributed by atoms with Gasteiger partial charge < -0.3 is 4.57 Å². The summed E-state index contributed by atoms with van der Waals surface area (Å²) in [5, 5.41) is 7.56. The van der Waals surface area contributed by atoms with E-state index in [1.54, 1.807) is 0 Å². The number of rotatable bonds is 6. The Balaban J connectivity index is 1.13. The lowest BCUT2D eigenvalue weighted by Gasteiger charge is -2.20. The third-order valence-electron chi connectivity index (χ3n) is 8.94. The van der Waals surface area contributed by atoms with Crippen LogP contribution in [-0.4, -0.2) is 0 Å². The highest BCUT2D eigenvalue weighted by molar-refractivity contribution is 7.85. The summed E-state index contributed by atoms with van der Waals surface area (Å²) >= 11 is 0. The number of hydrogen-bond acceptors (Lipinski definition) is 1. The van der Waals surface area contributed by atoms with Gasteiger partial charge in [-0.1, -0.05) is 176 Å². The summed E-state index contributed by atoms with van der Waals surface area (Å²) in [6.07, 6.45) is 0. The SMILES string of the molecule is O=P(c1ccccc1)(c1ccccc1)c1ccc(-c2cccc(-c3ccc(-c4c5ccccc5cc5ccccc45)cc3)c2)cc1. The topological polar surface area (TPSA) is 17.1 Å². The van der Waals surface area contributed by atoms with E-state index in [9.17, 15) is 4.57 Å². The highest BCUT2D eigenvalue weighted by atomic mass is 31.2. The van der Waals surface area contributed by atoms with Gasteiger partial charge in [-0.3, -0.25) is 0 Å². The van der Waals surface area contributed by atoms with Gasteiger partial charge in [-0.25, -0.2) is 0 Å². The second-order valence-corrected chi connectivity index (χ2v) is 14.4. The van der Waals surface area contributed by atoms with Crippen LogP contribution in [0.2, 0.25) is 0 Å². The molecule has 8 aromatic carbocycles. The maximum absolute atomic E-state index is 14.8. The van der Waals surface area contributed by atoms with Gasteiger partial charge in [-0.15, -0.1) is 0 Å². The van der Waals surface area contributed by atoms with Gasteiger partial charge in [0, 0.05) is 15.9 Å². The molecule has 0 atom stereocenters. The number of fused-ring (bicyclic) bond motifs is 2. The van der Waals surface area contributed by atoms with Crippen LogP contribution in [0, 0.1) is 0 Å². The quantitative estimate of drug-likeness (QED) is 0.136. The van der Waals surface area contributed by atoms with Crippen molar-refractivity contribution in [3.8, 4) is 33.4 Å². The molecule has 0 aliphatic heterocycles. The lowest BCUT2D eigenvalue weighted by atomic mass is 9.91. The van der Waals surface area contributed by atoms with Crippen LogP contribution in [0.3, 0.4) is 0 Å². The normalized spacial score (nSPS) is 11.6. The largest absolute Gasteiger partial charge is 0.309 e. The fraction of sp³-hybridized carbons (Fsp3) is 0. The van der Waals surface area contributed by atoms with Crippen LogP contribution in [0.15, 0.2) is 188 Å². The van der Waals surface area contributed by atoms with E-state index in [0.717, 1.165) is 32.6 Å². The summed E-state index contributed by atoms with van der Waals surface area (Å²) in [6, 6.07) is 65.1. The molecule has 8 rings (SSSR count). The first kappa shape index (κ1) is 28.0. The molecule has 0 radical (unpaired) electrons. The van der Waals surface area contributed by atoms with E-state index in [2.05, 4.69) is 115 Å². The van der Waals surface area contributed by atoms with Gasteiger partial charge in [0.2, 0.25) is 0 Å². The van der Waals surface area contributed by atoms with Crippen LogP contribution in [0.1, 0.15) is 0 Å². The average molecular weight is 607 g/mol. The highest BCUT2D eigenvalue weighted by Gasteiger charge is 2.29. The van der Waals surface area contributed by atoms with Crippen molar-refractivity contribution in [2.24, 2.45) is 0 Å². The molecule has 0 N–H and O–H groups in total. The Kier molecular flexibility index (Phi) is 7.18. The average Bonchev–Trinajstić information content (AvgIpc) is 3.14. The van der Waals surface area contributed by atoms with Crippen LogP contribution < -0.4 is 15.9 Å². The molecule has 1 nitrogen and oxygen atoms in total. The first-order chi connectivity index (χ1) is 22.7. The molecule has 0 amide bonds. The summed E-state index contributed by atoms with van der Waals surface area (Å²) < 4.78 is 14.8. The smallest absolute Gasteiger partial charge is 0.171 e. The van der Waals surface area contributed by atoms with Gasteiger partial charge >= 0.3 is 0 Å². The Hall–Kier alpha value is -5.49. The van der Waals surface area contributed by atoms with E-state index >= 15 is 0 Å². The summed E-state index contributed by atoms with van der Waals surface area (Å²) in [7, 11) is -3.01. The third-order valence-corrected chi connectivity index (χ3v) is 12.0. The molecule has 0 bridgehead atoms. The molecule has 0 saturated heterocycles. The summed E-state index contributed by atoms with van der Waals surface area (Å²) in [4.78, 5) is 0. The van der Waals surface area contributed by atoms with E-state index in [-0.39, 0.29) is 0 Å². The highest BCUT2D eigenvalue weighted by Crippen LogP contribution is 2.43. The molecule has 0 aliphatic carbocycles. The first-order valence-corrected chi connectivity index (χ1v) is 17.3. The fourth-order valence-electron chi connectivity index (χ4n) is 6.62. The molecule has 0 saturated carbocycles. The van der Waals surface area contributed by atoms with Crippen LogP contribution in [0.4, 0.5) is 0 Å². The zero-order chi connectivity index (χ0) is 30.9. The maximum Gasteiger partial charge on any atom is 0.171 e. The molecule has 2 heteroatoms. The van der Waals surface area contributed by atoms with E-state index < -0.39 is 7.14 Å². The molecule has 218 valence electrons. The predicted molar refractivity (Wildman–Crippen MR) is 197 cm³/mol. The molecule has 0 heterocycles.